The van der Waals surface area contributed by atoms with E-state index in [0.29, 0.717) is 19.0 Å². The minimum Gasteiger partial charge on any atom is -0.345 e. The van der Waals surface area contributed by atoms with Crippen LogP contribution in [0.5, 0.6) is 0 Å². The van der Waals surface area contributed by atoms with Gasteiger partial charge in [-0.15, -0.1) is 10.2 Å². The van der Waals surface area contributed by atoms with Gasteiger partial charge >= 0.3 is 0 Å². The number of fused-ring (bicyclic) bond motifs is 1. The molecule has 116 valence electrons. The second-order valence-corrected chi connectivity index (χ2v) is 5.21. The van der Waals surface area contributed by atoms with Crippen LogP contribution < -0.4 is 10.4 Å². The van der Waals surface area contributed by atoms with Crippen LogP contribution in [0.1, 0.15) is 5.56 Å². The molecule has 0 saturated heterocycles. The minimum atomic E-state index is -0.236. The first-order valence-corrected chi connectivity index (χ1v) is 7.15. The van der Waals surface area contributed by atoms with Crippen molar-refractivity contribution in [3.05, 3.63) is 60.2 Å². The van der Waals surface area contributed by atoms with Crippen molar-refractivity contribution in [2.45, 2.75) is 6.54 Å². The summed E-state index contributed by atoms with van der Waals surface area (Å²) in [5.74, 6) is 1.18. The van der Waals surface area contributed by atoms with E-state index in [2.05, 4.69) is 25.7 Å². The zero-order chi connectivity index (χ0) is 15.6. The van der Waals surface area contributed by atoms with Gasteiger partial charge in [-0.1, -0.05) is 12.1 Å². The van der Waals surface area contributed by atoms with Crippen LogP contribution in [0.3, 0.4) is 0 Å². The van der Waals surface area contributed by atoms with Crippen LogP contribution in [-0.4, -0.2) is 22.5 Å². The number of nitrogens with zero attached hydrogens (tertiary/aromatic N) is 5. The number of hydrazine groups is 1. The molecule has 2 aromatic rings. The molecule has 7 nitrogen and oxygen atoms in total. The Bertz CT molecular complexity index is 776. The Balaban J connectivity index is 1.56. The van der Waals surface area contributed by atoms with Crippen molar-refractivity contribution in [3.8, 4) is 0 Å². The number of anilines is 2. The van der Waals surface area contributed by atoms with Crippen molar-refractivity contribution in [2.24, 2.45) is 15.3 Å². The summed E-state index contributed by atoms with van der Waals surface area (Å²) >= 11 is 0. The van der Waals surface area contributed by atoms with Crippen molar-refractivity contribution in [3.63, 3.8) is 0 Å². The van der Waals surface area contributed by atoms with Gasteiger partial charge in [-0.3, -0.25) is 0 Å². The first kappa shape index (κ1) is 13.6. The quantitative estimate of drug-likeness (QED) is 0.915. The summed E-state index contributed by atoms with van der Waals surface area (Å²) < 4.78 is 13.0. The van der Waals surface area contributed by atoms with E-state index in [1.54, 1.807) is 24.4 Å². The highest BCUT2D eigenvalue weighted by Crippen LogP contribution is 2.29. The van der Waals surface area contributed by atoms with E-state index >= 15 is 0 Å². The normalized spacial score (nSPS) is 18.5. The Kier molecular flexibility index (Phi) is 3.35. The summed E-state index contributed by atoms with van der Waals surface area (Å²) in [5, 5.41) is 16.0. The fourth-order valence-electron chi connectivity index (χ4n) is 2.49. The van der Waals surface area contributed by atoms with Crippen molar-refractivity contribution >= 4 is 17.3 Å². The molecule has 0 spiro atoms. The van der Waals surface area contributed by atoms with E-state index < -0.39 is 0 Å². The highest BCUT2D eigenvalue weighted by Gasteiger charge is 2.23. The number of hydrogen-bond acceptors (Lipinski definition) is 5. The van der Waals surface area contributed by atoms with Crippen molar-refractivity contribution in [1.29, 1.82) is 0 Å². The molecular formula is C15H14FN7. The van der Waals surface area contributed by atoms with Crippen molar-refractivity contribution in [2.75, 3.05) is 17.1 Å². The predicted molar refractivity (Wildman–Crippen MR) is 85.1 cm³/mol. The third-order valence-corrected chi connectivity index (χ3v) is 3.53. The van der Waals surface area contributed by atoms with Crippen LogP contribution in [-0.2, 0) is 6.54 Å². The molecule has 2 aliphatic heterocycles. The van der Waals surface area contributed by atoms with Gasteiger partial charge in [0, 0.05) is 18.8 Å². The van der Waals surface area contributed by atoms with E-state index in [4.69, 9.17) is 0 Å². The third-order valence-electron chi connectivity index (χ3n) is 3.53. The average Bonchev–Trinajstić information content (AvgIpc) is 3.21. The second kappa shape index (κ2) is 5.65. The largest absolute Gasteiger partial charge is 0.345 e. The Hall–Kier alpha value is -3.00. The molecule has 0 radical (unpaired) electrons. The lowest BCUT2D eigenvalue weighted by atomic mass is 10.2. The van der Waals surface area contributed by atoms with Gasteiger partial charge in [0.15, 0.2) is 11.7 Å². The molecule has 23 heavy (non-hydrogen) atoms. The standard InChI is InChI=1S/C15H14FN7/c16-12-3-1-11(2-4-12)9-22-10-23(21-14-6-8-18-19-14)15-13(20-22)5-7-17-15/h1-8,17,20H,9-10H2. The monoisotopic (exact) mass is 311 g/mol. The fraction of sp³-hybridized carbons (Fsp3) is 0.133. The molecule has 0 saturated carbocycles. The molecule has 2 N–H and O–H groups in total. The molecule has 1 aromatic heterocycles. The molecular weight excluding hydrogens is 297 g/mol. The van der Waals surface area contributed by atoms with Gasteiger partial charge in [0.25, 0.3) is 0 Å². The average molecular weight is 311 g/mol. The van der Waals surface area contributed by atoms with E-state index in [1.807, 2.05) is 22.3 Å². The highest BCUT2D eigenvalue weighted by atomic mass is 19.1. The van der Waals surface area contributed by atoms with Gasteiger partial charge < -0.3 is 10.4 Å². The number of hydrazone groups is 1. The molecule has 0 fully saturated rings. The number of amidine groups is 1. The molecule has 1 aromatic carbocycles. The molecule has 3 heterocycles. The van der Waals surface area contributed by atoms with E-state index in [0.717, 1.165) is 17.1 Å². The zero-order valence-electron chi connectivity index (χ0n) is 12.1. The summed E-state index contributed by atoms with van der Waals surface area (Å²) in [6.45, 7) is 1.13. The maximum atomic E-state index is 13.0. The van der Waals surface area contributed by atoms with Crippen LogP contribution in [0.4, 0.5) is 15.9 Å². The van der Waals surface area contributed by atoms with E-state index in [-0.39, 0.29) is 5.82 Å². The first-order valence-electron chi connectivity index (χ1n) is 7.15. The minimum absolute atomic E-state index is 0.236. The Labute approximate surface area is 131 Å². The van der Waals surface area contributed by atoms with Gasteiger partial charge in [0.05, 0.1) is 11.9 Å². The predicted octanol–water partition coefficient (Wildman–Crippen LogP) is 3.05. The maximum Gasteiger partial charge on any atom is 0.195 e. The number of halogens is 1. The van der Waals surface area contributed by atoms with Crippen LogP contribution in [0.2, 0.25) is 0 Å². The number of H-pyrrole nitrogens is 1. The van der Waals surface area contributed by atoms with Crippen LogP contribution >= 0.6 is 0 Å². The topological polar surface area (TPSA) is 71.4 Å². The lowest BCUT2D eigenvalue weighted by molar-refractivity contribution is 0.310. The summed E-state index contributed by atoms with van der Waals surface area (Å²) in [6, 6.07) is 8.40. The lowest BCUT2D eigenvalue weighted by Crippen LogP contribution is -2.43. The number of aromatic nitrogens is 1. The molecule has 0 aliphatic carbocycles. The molecule has 4 rings (SSSR count). The number of rotatable bonds is 3. The van der Waals surface area contributed by atoms with E-state index in [1.165, 1.54) is 12.1 Å². The van der Waals surface area contributed by atoms with Crippen molar-refractivity contribution < 1.29 is 4.39 Å². The zero-order valence-corrected chi connectivity index (χ0v) is 12.1. The van der Waals surface area contributed by atoms with Gasteiger partial charge in [-0.2, -0.15) is 10.1 Å². The Morgan fingerprint density at radius 2 is 2.09 bits per heavy atom. The molecule has 0 atom stereocenters. The summed E-state index contributed by atoms with van der Waals surface area (Å²) in [6.07, 6.45) is 5.19. The summed E-state index contributed by atoms with van der Waals surface area (Å²) in [5.41, 5.74) is 5.24. The molecule has 0 amide bonds. The fourth-order valence-corrected chi connectivity index (χ4v) is 2.49. The number of aromatic amines is 1. The number of azo groups is 1. The molecule has 8 heteroatoms. The smallest absolute Gasteiger partial charge is 0.195 e. The Morgan fingerprint density at radius 3 is 2.87 bits per heavy atom. The Morgan fingerprint density at radius 1 is 1.22 bits per heavy atom. The number of nitrogens with one attached hydrogen (secondary N) is 2. The summed E-state index contributed by atoms with van der Waals surface area (Å²) in [4.78, 5) is 3.16. The maximum absolute atomic E-state index is 13.0. The second-order valence-electron chi connectivity index (χ2n) is 5.21. The molecule has 0 bridgehead atoms. The van der Waals surface area contributed by atoms with Gasteiger partial charge in [0.1, 0.15) is 12.5 Å². The van der Waals surface area contributed by atoms with Crippen LogP contribution in [0.25, 0.3) is 0 Å². The molecule has 2 aliphatic rings. The first-order chi connectivity index (χ1) is 11.3. The SMILES string of the molecule is Fc1ccc(CN2CN(N=C3C=CN=N3)c3[nH]ccc3N2)cc1. The van der Waals surface area contributed by atoms with Gasteiger partial charge in [0.2, 0.25) is 0 Å². The van der Waals surface area contributed by atoms with Crippen molar-refractivity contribution in [1.82, 2.24) is 9.99 Å². The lowest BCUT2D eigenvalue weighted by Gasteiger charge is -2.34. The van der Waals surface area contributed by atoms with E-state index in [9.17, 15) is 4.39 Å². The van der Waals surface area contributed by atoms with Gasteiger partial charge in [-0.25, -0.2) is 9.40 Å². The number of hydrogen-bond donors (Lipinski definition) is 2. The van der Waals surface area contributed by atoms with Crippen LogP contribution in [0, 0.1) is 5.82 Å². The number of benzene rings is 1. The highest BCUT2D eigenvalue weighted by molar-refractivity contribution is 5.95. The third kappa shape index (κ3) is 2.84. The van der Waals surface area contributed by atoms with Gasteiger partial charge in [-0.05, 0) is 23.8 Å². The summed E-state index contributed by atoms with van der Waals surface area (Å²) in [7, 11) is 0. The molecule has 0 unspecified atom stereocenters. The van der Waals surface area contributed by atoms with Crippen LogP contribution in [0.15, 0.2) is 64.1 Å².